The molecule has 0 fully saturated rings. The van der Waals surface area contributed by atoms with Gasteiger partial charge in [0.15, 0.2) is 0 Å². The fraction of sp³-hybridized carbons (Fsp3) is 0.0500. The van der Waals surface area contributed by atoms with Gasteiger partial charge in [0, 0.05) is 47.1 Å². The van der Waals surface area contributed by atoms with Crippen molar-refractivity contribution < 1.29 is 0 Å². The molecule has 8 nitrogen and oxygen atoms in total. The average Bonchev–Trinajstić information content (AvgIpc) is 3.98. The van der Waals surface area contributed by atoms with Crippen LogP contribution in [0.2, 0.25) is 0 Å². The largest absolute Gasteiger partial charge is 0.354 e. The van der Waals surface area contributed by atoms with E-state index >= 15 is 0 Å². The lowest BCUT2D eigenvalue weighted by molar-refractivity contribution is 0.717. The van der Waals surface area contributed by atoms with E-state index in [0.29, 0.717) is 0 Å². The van der Waals surface area contributed by atoms with Gasteiger partial charge in [0.2, 0.25) is 0 Å². The van der Waals surface area contributed by atoms with Crippen molar-refractivity contribution in [2.75, 3.05) is 0 Å². The average molecular weight is 621 g/mol. The van der Waals surface area contributed by atoms with Crippen LogP contribution in [0.25, 0.3) is 22.3 Å². The summed E-state index contributed by atoms with van der Waals surface area (Å²) in [5.41, 5.74) is 10.4. The lowest BCUT2D eigenvalue weighted by atomic mass is 10.0. The Morgan fingerprint density at radius 3 is 1.25 bits per heavy atom. The second-order valence-corrected chi connectivity index (χ2v) is 11.7. The summed E-state index contributed by atoms with van der Waals surface area (Å²) in [5, 5.41) is 5.64. The zero-order valence-electron chi connectivity index (χ0n) is 25.7. The third-order valence-corrected chi connectivity index (χ3v) is 8.77. The Balaban J connectivity index is 1.38. The number of nitrogens with zero attached hydrogens (tertiary/aromatic N) is 6. The molecular weight excluding hydrogens is 592 g/mol. The van der Waals surface area contributed by atoms with Crippen LogP contribution in [0.4, 0.5) is 0 Å². The van der Waals surface area contributed by atoms with Gasteiger partial charge in [0.05, 0.1) is 68.4 Å². The van der Waals surface area contributed by atoms with Gasteiger partial charge in [0.25, 0.3) is 0 Å². The molecule has 5 aromatic rings. The smallest absolute Gasteiger partial charge is 0.0752 e. The van der Waals surface area contributed by atoms with E-state index in [4.69, 9.17) is 29.9 Å². The van der Waals surface area contributed by atoms with Crippen molar-refractivity contribution in [1.29, 1.82) is 0 Å². The summed E-state index contributed by atoms with van der Waals surface area (Å²) in [6.45, 7) is 0. The predicted octanol–water partition coefficient (Wildman–Crippen LogP) is 4.75. The summed E-state index contributed by atoms with van der Waals surface area (Å²) >= 11 is 0. The van der Waals surface area contributed by atoms with Gasteiger partial charge < -0.3 is 4.98 Å². The number of aliphatic imine (C=N–C) groups is 2. The van der Waals surface area contributed by atoms with Crippen LogP contribution in [0.5, 0.6) is 0 Å². The molecule has 48 heavy (non-hydrogen) atoms. The number of rotatable bonds is 4. The highest BCUT2D eigenvalue weighted by atomic mass is 15.0. The van der Waals surface area contributed by atoms with Crippen LogP contribution in [-0.4, -0.2) is 48.4 Å². The van der Waals surface area contributed by atoms with E-state index in [-0.39, 0.29) is 12.1 Å². The Kier molecular flexibility index (Phi) is 6.84. The minimum absolute atomic E-state index is 0.167. The Morgan fingerprint density at radius 2 is 0.854 bits per heavy atom. The zero-order valence-corrected chi connectivity index (χ0v) is 25.7. The number of aromatic amines is 1. The van der Waals surface area contributed by atoms with Gasteiger partial charge in [-0.1, -0.05) is 36.4 Å². The van der Waals surface area contributed by atoms with Crippen LogP contribution in [-0.2, 0) is 0 Å². The van der Waals surface area contributed by atoms with Gasteiger partial charge in [-0.05, 0) is 85.0 Å². The maximum Gasteiger partial charge on any atom is 0.0752 e. The fourth-order valence-corrected chi connectivity index (χ4v) is 6.65. The van der Waals surface area contributed by atoms with Crippen LogP contribution in [0.3, 0.4) is 0 Å². The van der Waals surface area contributed by atoms with E-state index in [9.17, 15) is 0 Å². The quantitative estimate of drug-likeness (QED) is 0.283. The Bertz CT molecular complexity index is 2230. The number of hydrogen-bond donors (Lipinski definition) is 2. The fourth-order valence-electron chi connectivity index (χ4n) is 6.65. The minimum Gasteiger partial charge on any atom is -0.354 e. The van der Waals surface area contributed by atoms with E-state index < -0.39 is 0 Å². The molecule has 8 bridgehead atoms. The molecule has 0 aromatic carbocycles. The van der Waals surface area contributed by atoms with Crippen molar-refractivity contribution in [1.82, 2.24) is 30.2 Å². The van der Waals surface area contributed by atoms with E-state index in [1.54, 1.807) is 0 Å². The van der Waals surface area contributed by atoms with Gasteiger partial charge >= 0.3 is 0 Å². The van der Waals surface area contributed by atoms with Gasteiger partial charge in [-0.15, -0.1) is 0 Å². The van der Waals surface area contributed by atoms with Crippen LogP contribution in [0.1, 0.15) is 22.8 Å². The summed E-state index contributed by atoms with van der Waals surface area (Å²) in [5.74, 6) is 0. The van der Waals surface area contributed by atoms with Crippen molar-refractivity contribution in [3.05, 3.63) is 191 Å². The maximum atomic E-state index is 5.27. The molecular formula is C40H28N8. The Labute approximate surface area is 276 Å². The summed E-state index contributed by atoms with van der Waals surface area (Å²) in [7, 11) is 0. The first-order chi connectivity index (χ1) is 23.8. The van der Waals surface area contributed by atoms with E-state index in [0.717, 1.165) is 78.6 Å². The third-order valence-electron chi connectivity index (χ3n) is 8.77. The highest BCUT2D eigenvalue weighted by Gasteiger charge is 2.31. The summed E-state index contributed by atoms with van der Waals surface area (Å²) < 4.78 is 0. The Hall–Kier alpha value is -6.38. The number of H-pyrrole nitrogens is 1. The van der Waals surface area contributed by atoms with E-state index in [2.05, 4.69) is 58.9 Å². The van der Waals surface area contributed by atoms with E-state index in [1.165, 1.54) is 0 Å². The molecule has 0 spiro atoms. The molecule has 4 aliphatic rings. The first-order valence-electron chi connectivity index (χ1n) is 15.9. The predicted molar refractivity (Wildman–Crippen MR) is 189 cm³/mol. The molecule has 9 heterocycles. The van der Waals surface area contributed by atoms with Crippen molar-refractivity contribution in [3.8, 4) is 0 Å². The lowest BCUT2D eigenvalue weighted by Crippen LogP contribution is -2.33. The molecule has 0 saturated carbocycles. The summed E-state index contributed by atoms with van der Waals surface area (Å²) in [6.07, 6.45) is 19.9. The SMILES string of the molecule is C1=C/C2=C(\c3ccccn3)C3C=C[C@@H](N3)/C(c3ccccn3)=C3/C=CC(=N3)/C(c3ccccn3)=c3/cc/c([nH]3)=C(\c3ccccn3)C1=N2. The molecule has 228 valence electrons. The van der Waals surface area contributed by atoms with Crippen LogP contribution < -0.4 is 16.0 Å². The van der Waals surface area contributed by atoms with Crippen LogP contribution in [0, 0.1) is 0 Å². The van der Waals surface area contributed by atoms with Gasteiger partial charge in [0.1, 0.15) is 0 Å². The molecule has 2 N–H and O–H groups in total. The van der Waals surface area contributed by atoms with Crippen molar-refractivity contribution in [3.63, 3.8) is 0 Å². The molecule has 0 aliphatic carbocycles. The zero-order chi connectivity index (χ0) is 31.9. The van der Waals surface area contributed by atoms with Gasteiger partial charge in [-0.25, -0.2) is 9.98 Å². The monoisotopic (exact) mass is 620 g/mol. The van der Waals surface area contributed by atoms with Crippen LogP contribution in [0.15, 0.2) is 168 Å². The lowest BCUT2D eigenvalue weighted by Gasteiger charge is -2.21. The highest BCUT2D eigenvalue weighted by molar-refractivity contribution is 6.31. The highest BCUT2D eigenvalue weighted by Crippen LogP contribution is 2.35. The molecule has 5 aromatic heterocycles. The second kappa shape index (κ2) is 11.8. The topological polar surface area (TPSA) is 104 Å². The number of hydrogen-bond acceptors (Lipinski definition) is 7. The molecule has 8 heteroatoms. The molecule has 2 atom stereocenters. The molecule has 0 radical (unpaired) electrons. The normalized spacial score (nSPS) is 25.0. The molecule has 4 aliphatic heterocycles. The Morgan fingerprint density at radius 1 is 0.438 bits per heavy atom. The first kappa shape index (κ1) is 27.9. The first-order valence-corrected chi connectivity index (χ1v) is 15.9. The van der Waals surface area contributed by atoms with E-state index in [1.807, 2.05) is 97.6 Å². The van der Waals surface area contributed by atoms with Crippen molar-refractivity contribution >= 4 is 33.7 Å². The summed E-state index contributed by atoms with van der Waals surface area (Å²) in [4.78, 5) is 33.3. The van der Waals surface area contributed by atoms with Crippen molar-refractivity contribution in [2.24, 2.45) is 9.98 Å². The van der Waals surface area contributed by atoms with Crippen molar-refractivity contribution in [2.45, 2.75) is 12.1 Å². The maximum absolute atomic E-state index is 5.27. The van der Waals surface area contributed by atoms with Gasteiger partial charge in [-0.3, -0.25) is 25.3 Å². The minimum atomic E-state index is -0.167. The van der Waals surface area contributed by atoms with Gasteiger partial charge in [-0.2, -0.15) is 0 Å². The number of aromatic nitrogens is 5. The van der Waals surface area contributed by atoms with Crippen LogP contribution >= 0.6 is 0 Å². The number of nitrogens with one attached hydrogen (secondary N) is 2. The number of pyridine rings is 4. The second-order valence-electron chi connectivity index (χ2n) is 11.7. The molecule has 0 saturated heterocycles. The summed E-state index contributed by atoms with van der Waals surface area (Å²) in [6, 6.07) is 27.7. The molecule has 1 unspecified atom stereocenters. The molecule has 0 amide bonds. The standard InChI is InChI=1S/C40H28N8/c1-5-21-41-25(9-1)37-29-13-15-31(45-29)38(26-10-2-6-22-42-26)33-17-19-35(47-33)40(28-12-4-8-24-44-28)36-20-18-34(48-36)39(27-11-3-7-23-43-27)32-16-14-30(37)46-32/h1-24,29,31,45,48H/b37-30-,38-33-,39-34-,40-36-/t29-,31?/m1/s1. The third kappa shape index (κ3) is 4.92. The number of allylic oxidation sites excluding steroid dienone is 4. The number of fused-ring (bicyclic) bond motifs is 6. The molecule has 9 rings (SSSR count).